The van der Waals surface area contributed by atoms with E-state index < -0.39 is 0 Å². The highest BCUT2D eigenvalue weighted by atomic mass is 16.6. The van der Waals surface area contributed by atoms with Crippen LogP contribution in [0.3, 0.4) is 0 Å². The number of nitrogens with one attached hydrogen (secondary N) is 1. The van der Waals surface area contributed by atoms with E-state index in [-0.39, 0.29) is 17.6 Å². The van der Waals surface area contributed by atoms with E-state index in [1.54, 1.807) is 12.4 Å². The largest absolute Gasteiger partial charge is 0.486 e. The average Bonchev–Trinajstić information content (AvgIpc) is 3.42. The number of carbonyl (C=O) groups is 1. The third kappa shape index (κ3) is 3.06. The number of ether oxygens (including phenoxy) is 2. The molecule has 27 heavy (non-hydrogen) atoms. The zero-order chi connectivity index (χ0) is 18.3. The predicted octanol–water partition coefficient (Wildman–Crippen LogP) is 3.02. The Morgan fingerprint density at radius 1 is 1.33 bits per heavy atom. The first kappa shape index (κ1) is 16.3. The lowest BCUT2D eigenvalue weighted by atomic mass is 9.98. The maximum absolute atomic E-state index is 12.9. The lowest BCUT2D eigenvalue weighted by molar-refractivity contribution is 0.00995. The predicted molar refractivity (Wildman–Crippen MR) is 101 cm³/mol. The molecule has 0 saturated carbocycles. The maximum Gasteiger partial charge on any atom is 0.254 e. The summed E-state index contributed by atoms with van der Waals surface area (Å²) in [5, 5.41) is 1.11. The molecule has 0 aliphatic carbocycles. The molecule has 0 bridgehead atoms. The minimum Gasteiger partial charge on any atom is -0.486 e. The Hall–Kier alpha value is -2.86. The second-order valence-electron chi connectivity index (χ2n) is 7.38. The third-order valence-corrected chi connectivity index (χ3v) is 5.52. The monoisotopic (exact) mass is 363 g/mol. The molecule has 2 aromatic heterocycles. The summed E-state index contributed by atoms with van der Waals surface area (Å²) in [6.07, 6.45) is 6.96. The molecule has 6 heteroatoms. The Labute approximate surface area is 157 Å². The van der Waals surface area contributed by atoms with Crippen LogP contribution < -0.4 is 4.74 Å². The molecular formula is C21H21N3O3. The fourth-order valence-corrected chi connectivity index (χ4v) is 4.15. The highest BCUT2D eigenvalue weighted by Crippen LogP contribution is 2.37. The Morgan fingerprint density at radius 3 is 3.19 bits per heavy atom. The van der Waals surface area contributed by atoms with Gasteiger partial charge in [0, 0.05) is 36.4 Å². The number of carbonyl (C=O) groups excluding carboxylic acids is 1. The van der Waals surface area contributed by atoms with Gasteiger partial charge in [0.1, 0.15) is 11.9 Å². The highest BCUT2D eigenvalue weighted by Gasteiger charge is 2.47. The van der Waals surface area contributed by atoms with E-state index in [1.807, 2.05) is 47.5 Å². The maximum atomic E-state index is 12.9. The molecule has 2 atom stereocenters. The first-order valence-corrected chi connectivity index (χ1v) is 9.28. The minimum atomic E-state index is -0.293. The summed E-state index contributed by atoms with van der Waals surface area (Å²) in [6.45, 7) is 1.87. The first-order valence-electron chi connectivity index (χ1n) is 9.28. The fraction of sp³-hybridized carbons (Fsp3) is 0.333. The molecule has 1 amide bonds. The number of hydrogen-bond donors (Lipinski definition) is 1. The first-order chi connectivity index (χ1) is 13.2. The van der Waals surface area contributed by atoms with Crippen LogP contribution in [-0.2, 0) is 4.74 Å². The molecule has 138 valence electrons. The number of nitrogens with zero attached hydrogens (tertiary/aromatic N) is 2. The molecule has 0 radical (unpaired) electrons. The number of pyridine rings is 1. The number of amides is 1. The standard InChI is InChI=1S/C21H21N3O3/c25-20(16-4-3-15-5-8-23-19(15)10-16)24-9-6-21(14-24)11-18(13-26-21)27-17-2-1-7-22-12-17/h1-5,7-8,10,12,18,23H,6,9,11,13-14H2/t18-,21+/m1/s1. The van der Waals surface area contributed by atoms with Crippen molar-refractivity contribution in [1.82, 2.24) is 14.9 Å². The summed E-state index contributed by atoms with van der Waals surface area (Å²) in [5.41, 5.74) is 1.40. The Balaban J connectivity index is 1.26. The number of H-pyrrole nitrogens is 1. The summed E-state index contributed by atoms with van der Waals surface area (Å²) in [6, 6.07) is 11.6. The summed E-state index contributed by atoms with van der Waals surface area (Å²) < 4.78 is 12.1. The van der Waals surface area contributed by atoms with Crippen molar-refractivity contribution in [2.24, 2.45) is 0 Å². The number of aromatic amines is 1. The summed E-state index contributed by atoms with van der Waals surface area (Å²) in [4.78, 5) is 22.1. The van der Waals surface area contributed by atoms with Gasteiger partial charge in [0.25, 0.3) is 5.91 Å². The molecule has 2 fully saturated rings. The average molecular weight is 363 g/mol. The molecule has 5 rings (SSSR count). The lowest BCUT2D eigenvalue weighted by Crippen LogP contribution is -2.36. The molecular weight excluding hydrogens is 342 g/mol. The van der Waals surface area contributed by atoms with Crippen LogP contribution >= 0.6 is 0 Å². The summed E-state index contributed by atoms with van der Waals surface area (Å²) in [7, 11) is 0. The number of rotatable bonds is 3. The van der Waals surface area contributed by atoms with Gasteiger partial charge in [0.2, 0.25) is 0 Å². The van der Waals surface area contributed by atoms with Gasteiger partial charge in [0.05, 0.1) is 24.9 Å². The molecule has 2 saturated heterocycles. The molecule has 1 spiro atoms. The van der Waals surface area contributed by atoms with Crippen LogP contribution in [0.1, 0.15) is 23.2 Å². The normalized spacial score (nSPS) is 24.7. The van der Waals surface area contributed by atoms with Crippen molar-refractivity contribution in [3.63, 3.8) is 0 Å². The topological polar surface area (TPSA) is 67.5 Å². The number of likely N-dealkylation sites (tertiary alicyclic amines) is 1. The van der Waals surface area contributed by atoms with Gasteiger partial charge >= 0.3 is 0 Å². The van der Waals surface area contributed by atoms with E-state index in [0.717, 1.165) is 29.5 Å². The van der Waals surface area contributed by atoms with Crippen molar-refractivity contribution < 1.29 is 14.3 Å². The van der Waals surface area contributed by atoms with Gasteiger partial charge in [-0.3, -0.25) is 9.78 Å². The van der Waals surface area contributed by atoms with Gasteiger partial charge in [-0.2, -0.15) is 0 Å². The molecule has 1 aromatic carbocycles. The van der Waals surface area contributed by atoms with E-state index in [9.17, 15) is 4.79 Å². The second kappa shape index (κ2) is 6.39. The van der Waals surface area contributed by atoms with Gasteiger partial charge in [0.15, 0.2) is 0 Å². The number of fused-ring (bicyclic) bond motifs is 1. The van der Waals surface area contributed by atoms with E-state index in [1.165, 1.54) is 0 Å². The number of aromatic nitrogens is 2. The van der Waals surface area contributed by atoms with Crippen molar-refractivity contribution in [1.29, 1.82) is 0 Å². The second-order valence-corrected chi connectivity index (χ2v) is 7.38. The molecule has 6 nitrogen and oxygen atoms in total. The zero-order valence-electron chi connectivity index (χ0n) is 14.9. The van der Waals surface area contributed by atoms with Gasteiger partial charge < -0.3 is 19.4 Å². The molecule has 1 N–H and O–H groups in total. The van der Waals surface area contributed by atoms with Crippen LogP contribution in [0.4, 0.5) is 0 Å². The number of benzene rings is 1. The van der Waals surface area contributed by atoms with E-state index >= 15 is 0 Å². The van der Waals surface area contributed by atoms with Crippen molar-refractivity contribution >= 4 is 16.8 Å². The Morgan fingerprint density at radius 2 is 2.30 bits per heavy atom. The minimum absolute atomic E-state index is 0.000444. The fourth-order valence-electron chi connectivity index (χ4n) is 4.15. The molecule has 2 aliphatic heterocycles. The van der Waals surface area contributed by atoms with Crippen molar-refractivity contribution in [3.8, 4) is 5.75 Å². The highest BCUT2D eigenvalue weighted by molar-refractivity contribution is 5.98. The van der Waals surface area contributed by atoms with Crippen LogP contribution in [0.5, 0.6) is 5.75 Å². The van der Waals surface area contributed by atoms with Crippen molar-refractivity contribution in [2.45, 2.75) is 24.5 Å². The lowest BCUT2D eigenvalue weighted by Gasteiger charge is -2.23. The molecule has 2 aliphatic rings. The molecule has 3 aromatic rings. The SMILES string of the molecule is O=C(c1ccc2cc[nH]c2c1)N1CC[C@]2(C[C@@H](Oc3cccnc3)CO2)C1. The molecule has 0 unspecified atom stereocenters. The third-order valence-electron chi connectivity index (χ3n) is 5.52. The van der Waals surface area contributed by atoms with Crippen LogP contribution in [0.15, 0.2) is 55.0 Å². The van der Waals surface area contributed by atoms with Gasteiger partial charge in [-0.25, -0.2) is 0 Å². The zero-order valence-corrected chi connectivity index (χ0v) is 14.9. The van der Waals surface area contributed by atoms with Crippen LogP contribution in [0, 0.1) is 0 Å². The smallest absolute Gasteiger partial charge is 0.254 e. The van der Waals surface area contributed by atoms with Gasteiger partial charge in [-0.15, -0.1) is 0 Å². The molecule has 4 heterocycles. The van der Waals surface area contributed by atoms with Gasteiger partial charge in [-0.1, -0.05) is 6.07 Å². The summed E-state index contributed by atoms with van der Waals surface area (Å²) >= 11 is 0. The van der Waals surface area contributed by atoms with E-state index in [4.69, 9.17) is 9.47 Å². The van der Waals surface area contributed by atoms with Crippen molar-refractivity contribution in [2.75, 3.05) is 19.7 Å². The summed E-state index contributed by atoms with van der Waals surface area (Å²) in [5.74, 6) is 0.817. The quantitative estimate of drug-likeness (QED) is 0.777. The Kier molecular flexibility index (Phi) is 3.86. The van der Waals surface area contributed by atoms with Crippen molar-refractivity contribution in [3.05, 3.63) is 60.6 Å². The number of hydrogen-bond acceptors (Lipinski definition) is 4. The van der Waals surface area contributed by atoms with Crippen LogP contribution in [0.2, 0.25) is 0 Å². The van der Waals surface area contributed by atoms with E-state index in [0.29, 0.717) is 25.3 Å². The van der Waals surface area contributed by atoms with Crippen LogP contribution in [0.25, 0.3) is 10.9 Å². The van der Waals surface area contributed by atoms with Gasteiger partial charge in [-0.05, 0) is 42.1 Å². The van der Waals surface area contributed by atoms with E-state index in [2.05, 4.69) is 9.97 Å². The van der Waals surface area contributed by atoms with Crippen LogP contribution in [-0.4, -0.2) is 52.2 Å². The Bertz CT molecular complexity index is 971.